The first-order valence-electron chi connectivity index (χ1n) is 12.5. The van der Waals surface area contributed by atoms with Crippen LogP contribution in [0.3, 0.4) is 0 Å². The predicted octanol–water partition coefficient (Wildman–Crippen LogP) is 4.58. The summed E-state index contributed by atoms with van der Waals surface area (Å²) < 4.78 is 13.1. The number of halogens is 1. The number of likely N-dealkylation sites (tertiary alicyclic amines) is 2. The van der Waals surface area contributed by atoms with E-state index in [4.69, 9.17) is 10.8 Å². The Bertz CT molecular complexity index is 1060. The Morgan fingerprint density at radius 3 is 2.26 bits per heavy atom. The van der Waals surface area contributed by atoms with E-state index in [0.717, 1.165) is 57.3 Å². The molecule has 1 atom stereocenters. The summed E-state index contributed by atoms with van der Waals surface area (Å²) in [5.74, 6) is -0.518. The van der Waals surface area contributed by atoms with E-state index in [1.165, 1.54) is 12.1 Å². The molecule has 0 aromatic heterocycles. The van der Waals surface area contributed by atoms with E-state index in [1.54, 1.807) is 12.1 Å². The second-order valence-electron chi connectivity index (χ2n) is 9.57. The number of Topliss-reactive ketones (excluding diaryl/α,β-unsaturated/α-hetero) is 1. The van der Waals surface area contributed by atoms with Gasteiger partial charge in [0.05, 0.1) is 0 Å². The SMILES string of the molecule is N=C(CC(=N)c1ccccc1)C(=O)N1CCCC1CCN1CCC(C(=O)c2ccc(F)cc2)CC1. The first-order valence-corrected chi connectivity index (χ1v) is 12.5. The Morgan fingerprint density at radius 1 is 0.886 bits per heavy atom. The molecule has 2 heterocycles. The monoisotopic (exact) mass is 476 g/mol. The Kier molecular flexibility index (Phi) is 8.18. The first-order chi connectivity index (χ1) is 16.9. The summed E-state index contributed by atoms with van der Waals surface area (Å²) in [6, 6.07) is 15.2. The molecule has 2 aromatic rings. The highest BCUT2D eigenvalue weighted by Crippen LogP contribution is 2.25. The highest BCUT2D eigenvalue weighted by atomic mass is 19.1. The van der Waals surface area contributed by atoms with Crippen molar-refractivity contribution in [3.63, 3.8) is 0 Å². The fraction of sp³-hybridized carbons (Fsp3) is 0.429. The van der Waals surface area contributed by atoms with Gasteiger partial charge in [0.25, 0.3) is 5.91 Å². The molecular weight excluding hydrogens is 443 g/mol. The van der Waals surface area contributed by atoms with Gasteiger partial charge in [-0.3, -0.25) is 15.0 Å². The van der Waals surface area contributed by atoms with Crippen LogP contribution in [0.1, 0.15) is 54.4 Å². The van der Waals surface area contributed by atoms with Crippen LogP contribution in [0.5, 0.6) is 0 Å². The molecule has 2 saturated heterocycles. The van der Waals surface area contributed by atoms with Crippen molar-refractivity contribution >= 4 is 23.1 Å². The van der Waals surface area contributed by atoms with Gasteiger partial charge in [-0.2, -0.15) is 0 Å². The number of ketones is 1. The number of benzene rings is 2. The Hall–Kier alpha value is -3.19. The maximum Gasteiger partial charge on any atom is 0.268 e. The lowest BCUT2D eigenvalue weighted by Gasteiger charge is -2.33. The summed E-state index contributed by atoms with van der Waals surface area (Å²) in [6.45, 7) is 3.20. The minimum absolute atomic E-state index is 0.0223. The highest BCUT2D eigenvalue weighted by Gasteiger charge is 2.32. The molecule has 2 aliphatic rings. The van der Waals surface area contributed by atoms with Crippen LogP contribution in [-0.2, 0) is 4.79 Å². The molecule has 7 heteroatoms. The number of hydrogen-bond donors (Lipinski definition) is 2. The van der Waals surface area contributed by atoms with Crippen molar-refractivity contribution in [3.05, 3.63) is 71.5 Å². The second-order valence-corrected chi connectivity index (χ2v) is 9.57. The Balaban J connectivity index is 1.23. The topological polar surface area (TPSA) is 88.3 Å². The van der Waals surface area contributed by atoms with E-state index in [9.17, 15) is 14.0 Å². The molecule has 6 nitrogen and oxygen atoms in total. The molecular formula is C28H33FN4O2. The molecule has 2 fully saturated rings. The van der Waals surface area contributed by atoms with E-state index in [1.807, 2.05) is 35.2 Å². The number of amides is 1. The largest absolute Gasteiger partial charge is 0.335 e. The smallest absolute Gasteiger partial charge is 0.268 e. The molecule has 2 aliphatic heterocycles. The zero-order chi connectivity index (χ0) is 24.8. The van der Waals surface area contributed by atoms with Crippen LogP contribution in [0.15, 0.2) is 54.6 Å². The van der Waals surface area contributed by atoms with Gasteiger partial charge in [-0.05, 0) is 75.0 Å². The standard InChI is InChI=1S/C28H33FN4O2/c29-23-10-8-21(9-11-23)27(34)22-12-16-32(17-13-22)18-14-24-7-4-15-33(24)28(35)26(31)19-25(30)20-5-2-1-3-6-20/h1-3,5-6,8-11,22,24,30-31H,4,7,12-19H2. The van der Waals surface area contributed by atoms with Crippen molar-refractivity contribution in [1.82, 2.24) is 9.80 Å². The molecule has 2 N–H and O–H groups in total. The molecule has 4 rings (SSSR count). The van der Waals surface area contributed by atoms with Crippen molar-refractivity contribution in [1.29, 1.82) is 10.8 Å². The average Bonchev–Trinajstić information content (AvgIpc) is 3.36. The number of rotatable bonds is 9. The van der Waals surface area contributed by atoms with E-state index in [2.05, 4.69) is 4.90 Å². The minimum Gasteiger partial charge on any atom is -0.335 e. The van der Waals surface area contributed by atoms with Gasteiger partial charge in [0.15, 0.2) is 5.78 Å². The lowest BCUT2D eigenvalue weighted by Crippen LogP contribution is -2.43. The molecule has 1 unspecified atom stereocenters. The van der Waals surface area contributed by atoms with Crippen LogP contribution in [0.25, 0.3) is 0 Å². The number of nitrogens with zero attached hydrogens (tertiary/aromatic N) is 2. The maximum absolute atomic E-state index is 13.1. The number of piperidine rings is 1. The summed E-state index contributed by atoms with van der Waals surface area (Å²) >= 11 is 0. The van der Waals surface area contributed by atoms with Crippen molar-refractivity contribution in [2.45, 2.75) is 44.6 Å². The van der Waals surface area contributed by atoms with Gasteiger partial charge in [-0.25, -0.2) is 4.39 Å². The number of carbonyl (C=O) groups is 2. The van der Waals surface area contributed by atoms with Crippen LogP contribution in [0, 0.1) is 22.6 Å². The predicted molar refractivity (Wildman–Crippen MR) is 135 cm³/mol. The zero-order valence-electron chi connectivity index (χ0n) is 20.0. The van der Waals surface area contributed by atoms with E-state index >= 15 is 0 Å². The Morgan fingerprint density at radius 2 is 1.57 bits per heavy atom. The van der Waals surface area contributed by atoms with Crippen LogP contribution >= 0.6 is 0 Å². The summed E-state index contributed by atoms with van der Waals surface area (Å²) in [7, 11) is 0. The van der Waals surface area contributed by atoms with Gasteiger partial charge in [0.1, 0.15) is 11.5 Å². The fourth-order valence-electron chi connectivity index (χ4n) is 5.17. The first kappa shape index (κ1) is 24.9. The van der Waals surface area contributed by atoms with Gasteiger partial charge >= 0.3 is 0 Å². The third-order valence-electron chi connectivity index (χ3n) is 7.24. The van der Waals surface area contributed by atoms with E-state index in [0.29, 0.717) is 12.1 Å². The van der Waals surface area contributed by atoms with Crippen LogP contribution in [-0.4, -0.2) is 65.1 Å². The van der Waals surface area contributed by atoms with Gasteiger partial charge < -0.3 is 15.2 Å². The van der Waals surface area contributed by atoms with Crippen molar-refractivity contribution in [2.75, 3.05) is 26.2 Å². The van der Waals surface area contributed by atoms with Crippen molar-refractivity contribution in [3.8, 4) is 0 Å². The third kappa shape index (κ3) is 6.28. The number of nitrogens with one attached hydrogen (secondary N) is 2. The average molecular weight is 477 g/mol. The van der Waals surface area contributed by atoms with Crippen molar-refractivity contribution in [2.24, 2.45) is 5.92 Å². The van der Waals surface area contributed by atoms with Crippen LogP contribution in [0.4, 0.5) is 4.39 Å². The normalized spacial score (nSPS) is 19.0. The lowest BCUT2D eigenvalue weighted by atomic mass is 9.88. The van der Waals surface area contributed by atoms with Gasteiger partial charge in [-0.15, -0.1) is 0 Å². The van der Waals surface area contributed by atoms with Gasteiger partial charge in [-0.1, -0.05) is 30.3 Å². The summed E-state index contributed by atoms with van der Waals surface area (Å²) in [5.41, 5.74) is 1.58. The fourth-order valence-corrected chi connectivity index (χ4v) is 5.17. The molecule has 1 amide bonds. The molecule has 0 radical (unpaired) electrons. The quantitative estimate of drug-likeness (QED) is 0.410. The molecule has 2 aromatic carbocycles. The summed E-state index contributed by atoms with van der Waals surface area (Å²) in [6.07, 6.45) is 4.35. The number of carbonyl (C=O) groups excluding carboxylic acids is 2. The maximum atomic E-state index is 13.1. The molecule has 35 heavy (non-hydrogen) atoms. The lowest BCUT2D eigenvalue weighted by molar-refractivity contribution is -0.125. The molecule has 184 valence electrons. The molecule has 0 spiro atoms. The van der Waals surface area contributed by atoms with E-state index in [-0.39, 0.29) is 47.3 Å². The summed E-state index contributed by atoms with van der Waals surface area (Å²) in [5, 5.41) is 16.5. The molecule has 0 saturated carbocycles. The summed E-state index contributed by atoms with van der Waals surface area (Å²) in [4.78, 5) is 29.9. The van der Waals surface area contributed by atoms with Crippen LogP contribution < -0.4 is 0 Å². The highest BCUT2D eigenvalue weighted by molar-refractivity contribution is 6.41. The minimum atomic E-state index is -0.333. The van der Waals surface area contributed by atoms with Gasteiger partial charge in [0.2, 0.25) is 0 Å². The molecule has 0 aliphatic carbocycles. The van der Waals surface area contributed by atoms with Crippen molar-refractivity contribution < 1.29 is 14.0 Å². The van der Waals surface area contributed by atoms with Crippen LogP contribution in [0.2, 0.25) is 0 Å². The van der Waals surface area contributed by atoms with E-state index < -0.39 is 0 Å². The second kappa shape index (κ2) is 11.5. The zero-order valence-corrected chi connectivity index (χ0v) is 20.0. The molecule has 0 bridgehead atoms. The number of hydrogen-bond acceptors (Lipinski definition) is 5. The third-order valence-corrected chi connectivity index (χ3v) is 7.24. The van der Waals surface area contributed by atoms with Gasteiger partial charge in [0, 0.05) is 42.7 Å². The Labute approximate surface area is 206 Å².